The van der Waals surface area contributed by atoms with Crippen LogP contribution >= 0.6 is 0 Å². The summed E-state index contributed by atoms with van der Waals surface area (Å²) in [5, 5.41) is 5.57. The highest BCUT2D eigenvalue weighted by atomic mass is 16.2. The zero-order valence-electron chi connectivity index (χ0n) is 24.2. The highest BCUT2D eigenvalue weighted by Gasteiger charge is 2.15. The van der Waals surface area contributed by atoms with Gasteiger partial charge in [0.15, 0.2) is 5.78 Å². The zero-order valence-corrected chi connectivity index (χ0v) is 24.2. The van der Waals surface area contributed by atoms with Gasteiger partial charge < -0.3 is 20.4 Å². The number of allylic oxidation sites excluding steroid dienone is 1. The van der Waals surface area contributed by atoms with Crippen LogP contribution in [0.2, 0.25) is 0 Å². The summed E-state index contributed by atoms with van der Waals surface area (Å²) >= 11 is 0. The summed E-state index contributed by atoms with van der Waals surface area (Å²) in [5.74, 6) is -1.04. The van der Waals surface area contributed by atoms with Crippen molar-refractivity contribution in [1.29, 1.82) is 0 Å². The Morgan fingerprint density at radius 3 is 1.71 bits per heavy atom. The molecule has 0 spiro atoms. The Balaban J connectivity index is 1.48. The van der Waals surface area contributed by atoms with Gasteiger partial charge in [-0.15, -0.1) is 0 Å². The lowest BCUT2D eigenvalue weighted by molar-refractivity contribution is -0.113. The molecule has 212 valence electrons. The average Bonchev–Trinajstić information content (AvgIpc) is 3.00. The summed E-state index contributed by atoms with van der Waals surface area (Å²) in [4.78, 5) is 42.9. The van der Waals surface area contributed by atoms with Crippen LogP contribution in [0.1, 0.15) is 31.8 Å². The van der Waals surface area contributed by atoms with E-state index >= 15 is 0 Å². The smallest absolute Gasteiger partial charge is 0.272 e. The maximum absolute atomic E-state index is 13.3. The minimum Gasteiger partial charge on any atom is -0.378 e. The lowest BCUT2D eigenvalue weighted by Crippen LogP contribution is -2.30. The number of carbonyl (C=O) groups is 3. The number of hydrogen-bond acceptors (Lipinski definition) is 5. The van der Waals surface area contributed by atoms with Crippen molar-refractivity contribution < 1.29 is 14.4 Å². The van der Waals surface area contributed by atoms with Crippen molar-refractivity contribution in [1.82, 2.24) is 5.32 Å². The van der Waals surface area contributed by atoms with Crippen LogP contribution < -0.4 is 20.4 Å². The molecule has 0 atom stereocenters. The third-order valence-corrected chi connectivity index (χ3v) is 6.51. The van der Waals surface area contributed by atoms with Crippen LogP contribution in [0.15, 0.2) is 115 Å². The van der Waals surface area contributed by atoms with Crippen molar-refractivity contribution in [2.75, 3.05) is 43.3 Å². The molecule has 0 aromatic heterocycles. The summed E-state index contributed by atoms with van der Waals surface area (Å²) in [6.07, 6.45) is 4.93. The minimum atomic E-state index is -0.490. The molecule has 4 rings (SSSR count). The topological polar surface area (TPSA) is 81.8 Å². The van der Waals surface area contributed by atoms with Crippen LogP contribution in [0.5, 0.6) is 0 Å². The molecule has 0 heterocycles. The molecular weight excluding hydrogens is 524 g/mol. The standard InChI is InChI=1S/C35H34N4O3/c1-38(2)30-19-10-25(11-20-30)14-23-33(40)27-15-17-29(18-16-27)36-35(42)32(37-34(41)28-8-6-5-7-9-28)24-26-12-21-31(22-13-26)39(3)4/h5-24H,1-4H3,(H,36,42)(H,37,41)/b23-14+,32-24-. The molecule has 0 fully saturated rings. The van der Waals surface area contributed by atoms with E-state index in [-0.39, 0.29) is 11.5 Å². The lowest BCUT2D eigenvalue weighted by Gasteiger charge is -2.13. The molecule has 2 amide bonds. The molecule has 0 bridgehead atoms. The lowest BCUT2D eigenvalue weighted by atomic mass is 10.1. The molecule has 0 aliphatic carbocycles. The van der Waals surface area contributed by atoms with Crippen molar-refractivity contribution in [2.45, 2.75) is 0 Å². The second kappa shape index (κ2) is 13.8. The highest BCUT2D eigenvalue weighted by molar-refractivity contribution is 6.11. The molecule has 0 unspecified atom stereocenters. The summed E-state index contributed by atoms with van der Waals surface area (Å²) in [6, 6.07) is 30.8. The van der Waals surface area contributed by atoms with Gasteiger partial charge >= 0.3 is 0 Å². The van der Waals surface area contributed by atoms with Crippen molar-refractivity contribution >= 4 is 46.8 Å². The predicted octanol–water partition coefficient (Wildman–Crippen LogP) is 6.12. The Hall–Kier alpha value is -5.43. The monoisotopic (exact) mass is 558 g/mol. The van der Waals surface area contributed by atoms with Crippen LogP contribution in [0.3, 0.4) is 0 Å². The maximum Gasteiger partial charge on any atom is 0.272 e. The first kappa shape index (κ1) is 29.6. The van der Waals surface area contributed by atoms with E-state index in [1.54, 1.807) is 60.7 Å². The van der Waals surface area contributed by atoms with Crippen LogP contribution in [0.25, 0.3) is 12.2 Å². The maximum atomic E-state index is 13.3. The Morgan fingerprint density at radius 2 is 1.17 bits per heavy atom. The van der Waals surface area contributed by atoms with E-state index in [1.165, 1.54) is 6.08 Å². The van der Waals surface area contributed by atoms with E-state index in [1.807, 2.05) is 92.6 Å². The number of carbonyl (C=O) groups excluding carboxylic acids is 3. The van der Waals surface area contributed by atoms with Gasteiger partial charge in [0.25, 0.3) is 11.8 Å². The molecule has 0 radical (unpaired) electrons. The number of benzene rings is 4. The zero-order chi connectivity index (χ0) is 30.1. The van der Waals surface area contributed by atoms with Gasteiger partial charge in [0, 0.05) is 56.4 Å². The Morgan fingerprint density at radius 1 is 0.619 bits per heavy atom. The number of nitrogens with one attached hydrogen (secondary N) is 2. The fourth-order valence-corrected chi connectivity index (χ4v) is 4.05. The molecule has 0 aliphatic heterocycles. The van der Waals surface area contributed by atoms with Gasteiger partial charge in [-0.05, 0) is 83.9 Å². The van der Waals surface area contributed by atoms with E-state index < -0.39 is 11.8 Å². The van der Waals surface area contributed by atoms with Crippen molar-refractivity contribution in [3.63, 3.8) is 0 Å². The number of hydrogen-bond donors (Lipinski definition) is 2. The van der Waals surface area contributed by atoms with Gasteiger partial charge in [-0.3, -0.25) is 14.4 Å². The fraction of sp³-hybridized carbons (Fsp3) is 0.114. The number of anilines is 3. The molecule has 4 aromatic rings. The molecule has 7 heteroatoms. The van der Waals surface area contributed by atoms with E-state index in [2.05, 4.69) is 10.6 Å². The van der Waals surface area contributed by atoms with Crippen LogP contribution in [0, 0.1) is 0 Å². The van der Waals surface area contributed by atoms with Crippen LogP contribution in [-0.2, 0) is 4.79 Å². The third-order valence-electron chi connectivity index (χ3n) is 6.51. The first-order valence-electron chi connectivity index (χ1n) is 13.5. The van der Waals surface area contributed by atoms with Gasteiger partial charge in [-0.2, -0.15) is 0 Å². The van der Waals surface area contributed by atoms with E-state index in [0.717, 1.165) is 22.5 Å². The van der Waals surface area contributed by atoms with E-state index in [0.29, 0.717) is 16.8 Å². The average molecular weight is 559 g/mol. The van der Waals surface area contributed by atoms with Gasteiger partial charge in [-0.25, -0.2) is 0 Å². The molecule has 0 aliphatic rings. The number of nitrogens with zero attached hydrogens (tertiary/aromatic N) is 2. The summed E-state index contributed by atoms with van der Waals surface area (Å²) in [5.41, 5.74) is 5.27. The largest absolute Gasteiger partial charge is 0.378 e. The molecule has 7 nitrogen and oxygen atoms in total. The third kappa shape index (κ3) is 8.05. The summed E-state index contributed by atoms with van der Waals surface area (Å²) < 4.78 is 0. The van der Waals surface area contributed by atoms with Gasteiger partial charge in [0.1, 0.15) is 5.70 Å². The molecule has 4 aromatic carbocycles. The van der Waals surface area contributed by atoms with Gasteiger partial charge in [0.05, 0.1) is 0 Å². The number of amides is 2. The van der Waals surface area contributed by atoms with Gasteiger partial charge in [-0.1, -0.05) is 48.5 Å². The number of ketones is 1. The predicted molar refractivity (Wildman–Crippen MR) is 172 cm³/mol. The van der Waals surface area contributed by atoms with Crippen LogP contribution in [-0.4, -0.2) is 45.8 Å². The fourth-order valence-electron chi connectivity index (χ4n) is 4.05. The van der Waals surface area contributed by atoms with Crippen LogP contribution in [0.4, 0.5) is 17.1 Å². The van der Waals surface area contributed by atoms with Crippen molar-refractivity contribution in [2.24, 2.45) is 0 Å². The quantitative estimate of drug-likeness (QED) is 0.181. The molecule has 2 N–H and O–H groups in total. The minimum absolute atomic E-state index is 0.0878. The normalized spacial score (nSPS) is 11.2. The summed E-state index contributed by atoms with van der Waals surface area (Å²) in [7, 11) is 7.84. The van der Waals surface area contributed by atoms with E-state index in [9.17, 15) is 14.4 Å². The Bertz CT molecular complexity index is 1590. The van der Waals surface area contributed by atoms with E-state index in [4.69, 9.17) is 0 Å². The van der Waals surface area contributed by atoms with Crippen molar-refractivity contribution in [3.05, 3.63) is 137 Å². The van der Waals surface area contributed by atoms with Gasteiger partial charge in [0.2, 0.25) is 0 Å². The first-order chi connectivity index (χ1) is 20.2. The Kier molecular flexibility index (Phi) is 9.69. The second-order valence-corrected chi connectivity index (χ2v) is 10.1. The SMILES string of the molecule is CN(C)c1ccc(/C=C(\NC(=O)c2ccccc2)C(=O)Nc2ccc(C(=O)/C=C/c3ccc(N(C)C)cc3)cc2)cc1. The first-order valence-corrected chi connectivity index (χ1v) is 13.5. The second-order valence-electron chi connectivity index (χ2n) is 10.1. The molecule has 0 saturated heterocycles. The summed E-state index contributed by atoms with van der Waals surface area (Å²) in [6.45, 7) is 0. The molecular formula is C35H34N4O3. The molecule has 42 heavy (non-hydrogen) atoms. The van der Waals surface area contributed by atoms with Crippen molar-refractivity contribution in [3.8, 4) is 0 Å². The Labute approximate surface area is 246 Å². The highest BCUT2D eigenvalue weighted by Crippen LogP contribution is 2.17. The molecule has 0 saturated carbocycles. The number of rotatable bonds is 10.